The molecule has 0 saturated heterocycles. The monoisotopic (exact) mass is 559 g/mol. The van der Waals surface area contributed by atoms with Crippen molar-refractivity contribution in [3.8, 4) is 33.8 Å². The first kappa shape index (κ1) is 25.6. The van der Waals surface area contributed by atoms with E-state index in [0.29, 0.717) is 28.9 Å². The number of anilines is 1. The van der Waals surface area contributed by atoms with Crippen LogP contribution >= 0.6 is 11.3 Å². The third kappa shape index (κ3) is 4.56. The molecule has 0 bridgehead atoms. The van der Waals surface area contributed by atoms with E-state index in [4.69, 9.17) is 23.9 Å². The second-order valence-electron chi connectivity index (χ2n) is 9.31. The zero-order valence-electron chi connectivity index (χ0n) is 22.2. The van der Waals surface area contributed by atoms with Crippen LogP contribution in [0, 0.1) is 13.8 Å². The largest absolute Gasteiger partial charge is 0.484 e. The van der Waals surface area contributed by atoms with Gasteiger partial charge in [0.05, 0.1) is 49.2 Å². The normalized spacial score (nSPS) is 14.3. The Morgan fingerprint density at radius 1 is 1.10 bits per heavy atom. The predicted octanol–water partition coefficient (Wildman–Crippen LogP) is 5.26. The van der Waals surface area contributed by atoms with E-state index in [0.717, 1.165) is 42.9 Å². The molecule has 2 aromatic carbocycles. The minimum Gasteiger partial charge on any atom is -0.484 e. The van der Waals surface area contributed by atoms with Gasteiger partial charge >= 0.3 is 6.09 Å². The van der Waals surface area contributed by atoms with Gasteiger partial charge < -0.3 is 24.1 Å². The van der Waals surface area contributed by atoms with Crippen molar-refractivity contribution in [1.29, 1.82) is 0 Å². The first-order valence-electron chi connectivity index (χ1n) is 12.4. The summed E-state index contributed by atoms with van der Waals surface area (Å²) in [5.41, 5.74) is 5.52. The Kier molecular flexibility index (Phi) is 6.46. The zero-order valence-corrected chi connectivity index (χ0v) is 23.0. The smallest absolute Gasteiger partial charge is 0.411 e. The van der Waals surface area contributed by atoms with Crippen LogP contribution in [-0.4, -0.2) is 64.6 Å². The van der Waals surface area contributed by atoms with Crippen molar-refractivity contribution >= 4 is 44.4 Å². The number of carboxylic acid groups (broad SMARTS) is 1. The highest BCUT2D eigenvalue weighted by Crippen LogP contribution is 2.46. The van der Waals surface area contributed by atoms with Gasteiger partial charge in [-0.05, 0) is 49.2 Å². The highest BCUT2D eigenvalue weighted by molar-refractivity contribution is 7.22. The number of rotatable bonds is 6. The fraction of sp³-hybridized carbons (Fsp3) is 0.250. The molecule has 1 atom stereocenters. The van der Waals surface area contributed by atoms with E-state index in [-0.39, 0.29) is 13.2 Å². The second kappa shape index (κ2) is 10.1. The third-order valence-electron chi connectivity index (χ3n) is 6.55. The SMILES string of the molecule is COc1cc(N(C[C@@H]2COc3c(cc(C)c4nc(-c5cc(C)cc6nc(OC)cnc56)sc34)O2)C(=O)O)ccn1. The van der Waals surface area contributed by atoms with Crippen LogP contribution in [-0.2, 0) is 0 Å². The van der Waals surface area contributed by atoms with Crippen LogP contribution in [0.2, 0.25) is 0 Å². The van der Waals surface area contributed by atoms with Crippen LogP contribution in [0.5, 0.6) is 23.3 Å². The lowest BCUT2D eigenvalue weighted by Gasteiger charge is -2.30. The maximum atomic E-state index is 12.1. The average Bonchev–Trinajstić information content (AvgIpc) is 3.41. The molecule has 1 aliphatic rings. The molecule has 6 rings (SSSR count). The summed E-state index contributed by atoms with van der Waals surface area (Å²) in [4.78, 5) is 31.4. The fourth-order valence-electron chi connectivity index (χ4n) is 4.69. The number of benzene rings is 2. The summed E-state index contributed by atoms with van der Waals surface area (Å²) < 4.78 is 23.7. The summed E-state index contributed by atoms with van der Waals surface area (Å²) in [6.45, 7) is 4.20. The molecule has 12 heteroatoms. The van der Waals surface area contributed by atoms with E-state index in [1.807, 2.05) is 32.0 Å². The number of aryl methyl sites for hydroxylation is 2. The number of amides is 1. The average molecular weight is 560 g/mol. The lowest BCUT2D eigenvalue weighted by Crippen LogP contribution is -2.43. The standard InChI is InChI=1S/C28H25N5O6S/c1-14-7-18(24-19(8-14)31-22(37-4)11-30-24)27-32-23-15(2)9-20-25(26(23)40-27)38-13-17(39-20)12-33(28(34)35)16-5-6-29-21(10-16)36-3/h5-11,17H,12-13H2,1-4H3,(H,34,35)/t17-/m1/s1. The first-order chi connectivity index (χ1) is 19.3. The van der Waals surface area contributed by atoms with Crippen molar-refractivity contribution in [2.75, 3.05) is 32.3 Å². The van der Waals surface area contributed by atoms with Gasteiger partial charge in [0.1, 0.15) is 16.3 Å². The van der Waals surface area contributed by atoms with Gasteiger partial charge in [0.25, 0.3) is 0 Å². The lowest BCUT2D eigenvalue weighted by atomic mass is 10.1. The number of hydrogen-bond acceptors (Lipinski definition) is 10. The predicted molar refractivity (Wildman–Crippen MR) is 150 cm³/mol. The summed E-state index contributed by atoms with van der Waals surface area (Å²) in [5.74, 6) is 1.91. The summed E-state index contributed by atoms with van der Waals surface area (Å²) in [6.07, 6.45) is 1.45. The van der Waals surface area contributed by atoms with Crippen molar-refractivity contribution < 1.29 is 28.8 Å². The Morgan fingerprint density at radius 3 is 2.70 bits per heavy atom. The Bertz CT molecular complexity index is 1770. The number of carbonyl (C=O) groups is 1. The number of hydrogen-bond donors (Lipinski definition) is 1. The van der Waals surface area contributed by atoms with E-state index in [2.05, 4.69) is 15.0 Å². The number of pyridine rings is 1. The van der Waals surface area contributed by atoms with Gasteiger partial charge in [0.2, 0.25) is 11.8 Å². The number of nitrogens with zero attached hydrogens (tertiary/aromatic N) is 5. The van der Waals surface area contributed by atoms with Gasteiger partial charge in [0.15, 0.2) is 17.6 Å². The van der Waals surface area contributed by atoms with Crippen LogP contribution < -0.4 is 23.8 Å². The molecule has 3 aromatic heterocycles. The Labute approximate surface area is 233 Å². The molecule has 1 amide bonds. The van der Waals surface area contributed by atoms with Gasteiger partial charge in [-0.25, -0.2) is 24.7 Å². The highest BCUT2D eigenvalue weighted by atomic mass is 32.1. The van der Waals surface area contributed by atoms with Crippen LogP contribution in [0.4, 0.5) is 10.5 Å². The third-order valence-corrected chi connectivity index (χ3v) is 7.64. The summed E-state index contributed by atoms with van der Waals surface area (Å²) >= 11 is 1.49. The number of ether oxygens (including phenoxy) is 4. The number of thiazole rings is 1. The van der Waals surface area contributed by atoms with Gasteiger partial charge in [-0.1, -0.05) is 0 Å². The molecule has 0 aliphatic carbocycles. The molecule has 1 aliphatic heterocycles. The molecule has 204 valence electrons. The van der Waals surface area contributed by atoms with Crippen LogP contribution in [0.3, 0.4) is 0 Å². The summed E-state index contributed by atoms with van der Waals surface area (Å²) in [6, 6.07) is 9.07. The van der Waals surface area contributed by atoms with Crippen molar-refractivity contribution in [3.63, 3.8) is 0 Å². The molecule has 0 fully saturated rings. The van der Waals surface area contributed by atoms with E-state index >= 15 is 0 Å². The van der Waals surface area contributed by atoms with Crippen LogP contribution in [0.1, 0.15) is 11.1 Å². The van der Waals surface area contributed by atoms with Crippen LogP contribution in [0.15, 0.2) is 42.7 Å². The Balaban J connectivity index is 1.34. The van der Waals surface area contributed by atoms with E-state index < -0.39 is 12.2 Å². The molecule has 0 radical (unpaired) electrons. The van der Waals surface area contributed by atoms with Crippen molar-refractivity contribution in [2.45, 2.75) is 20.0 Å². The maximum Gasteiger partial charge on any atom is 0.411 e. The second-order valence-corrected chi connectivity index (χ2v) is 10.3. The van der Waals surface area contributed by atoms with Crippen molar-refractivity contribution in [3.05, 3.63) is 53.9 Å². The molecular weight excluding hydrogens is 534 g/mol. The summed E-state index contributed by atoms with van der Waals surface area (Å²) in [7, 11) is 3.04. The quantitative estimate of drug-likeness (QED) is 0.294. The lowest BCUT2D eigenvalue weighted by molar-refractivity contribution is 0.0961. The zero-order chi connectivity index (χ0) is 28.0. The molecule has 5 aromatic rings. The van der Waals surface area contributed by atoms with Gasteiger partial charge in [-0.15, -0.1) is 11.3 Å². The topological polar surface area (TPSA) is 129 Å². The van der Waals surface area contributed by atoms with E-state index in [9.17, 15) is 9.90 Å². The van der Waals surface area contributed by atoms with Crippen LogP contribution in [0.25, 0.3) is 31.8 Å². The minimum absolute atomic E-state index is 0.0599. The van der Waals surface area contributed by atoms with Gasteiger partial charge in [-0.2, -0.15) is 0 Å². The summed E-state index contributed by atoms with van der Waals surface area (Å²) in [5, 5.41) is 10.7. The van der Waals surface area contributed by atoms with Crippen molar-refractivity contribution in [2.24, 2.45) is 0 Å². The molecular formula is C28H25N5O6S. The van der Waals surface area contributed by atoms with E-state index in [1.165, 1.54) is 29.5 Å². The molecule has 0 unspecified atom stereocenters. The number of aromatic nitrogens is 4. The fourth-order valence-corrected chi connectivity index (χ4v) is 5.84. The molecule has 40 heavy (non-hydrogen) atoms. The van der Waals surface area contributed by atoms with Gasteiger partial charge in [0, 0.05) is 17.8 Å². The molecule has 1 N–H and O–H groups in total. The minimum atomic E-state index is -1.12. The van der Waals surface area contributed by atoms with Crippen molar-refractivity contribution in [1.82, 2.24) is 19.9 Å². The van der Waals surface area contributed by atoms with Gasteiger partial charge in [-0.3, -0.25) is 4.90 Å². The Morgan fingerprint density at radius 2 is 1.93 bits per heavy atom. The molecule has 11 nitrogen and oxygen atoms in total. The first-order valence-corrected chi connectivity index (χ1v) is 13.2. The number of fused-ring (bicyclic) bond motifs is 4. The number of methoxy groups -OCH3 is 2. The highest BCUT2D eigenvalue weighted by Gasteiger charge is 2.30. The van der Waals surface area contributed by atoms with E-state index in [1.54, 1.807) is 25.4 Å². The molecule has 0 saturated carbocycles. The Hall–Kier alpha value is -4.71. The maximum absolute atomic E-state index is 12.1. The molecule has 0 spiro atoms. The molecule has 4 heterocycles.